The summed E-state index contributed by atoms with van der Waals surface area (Å²) < 4.78 is 30.2. The molecule has 0 bridgehead atoms. The molecule has 0 spiro atoms. The number of hydrogen-bond acceptors (Lipinski definition) is 6. The number of aromatic nitrogens is 4. The summed E-state index contributed by atoms with van der Waals surface area (Å²) in [7, 11) is -3.79. The van der Waals surface area contributed by atoms with Gasteiger partial charge in [0.15, 0.2) is 11.2 Å². The van der Waals surface area contributed by atoms with Gasteiger partial charge in [-0.2, -0.15) is 4.98 Å². The summed E-state index contributed by atoms with van der Waals surface area (Å²) in [6, 6.07) is 5.77. The molecule has 1 saturated carbocycles. The molecule has 9 nitrogen and oxygen atoms in total. The summed E-state index contributed by atoms with van der Waals surface area (Å²) in [5, 5.41) is 5.13. The Morgan fingerprint density at radius 1 is 1.17 bits per heavy atom. The highest BCUT2D eigenvalue weighted by Gasteiger charge is 2.22. The zero-order valence-electron chi connectivity index (χ0n) is 16.8. The molecule has 1 aliphatic rings. The lowest BCUT2D eigenvalue weighted by molar-refractivity contribution is 0.398. The second-order valence-electron chi connectivity index (χ2n) is 7.63. The first kappa shape index (κ1) is 20.5. The van der Waals surface area contributed by atoms with Crippen molar-refractivity contribution in [3.8, 4) is 11.8 Å². The van der Waals surface area contributed by atoms with Crippen molar-refractivity contribution in [3.05, 3.63) is 40.4 Å². The molecular weight excluding hydrogens is 406 g/mol. The Kier molecular flexibility index (Phi) is 5.61. The number of sulfonamides is 1. The van der Waals surface area contributed by atoms with Crippen LogP contribution in [0.2, 0.25) is 0 Å². The zero-order valence-corrected chi connectivity index (χ0v) is 17.6. The van der Waals surface area contributed by atoms with E-state index in [-0.39, 0.29) is 16.5 Å². The molecule has 3 N–H and O–H groups in total. The molecule has 2 heterocycles. The van der Waals surface area contributed by atoms with Gasteiger partial charge in [-0.1, -0.05) is 26.2 Å². The first-order chi connectivity index (χ1) is 14.4. The summed E-state index contributed by atoms with van der Waals surface area (Å²) in [5.41, 5.74) is 0.498. The number of hydrogen-bond donors (Lipinski definition) is 2. The van der Waals surface area contributed by atoms with Gasteiger partial charge in [-0.05, 0) is 43.5 Å². The predicted molar refractivity (Wildman–Crippen MR) is 112 cm³/mol. The van der Waals surface area contributed by atoms with E-state index in [9.17, 15) is 13.2 Å². The maximum atomic E-state index is 13.1. The fourth-order valence-electron chi connectivity index (χ4n) is 3.86. The number of aromatic amines is 1. The summed E-state index contributed by atoms with van der Waals surface area (Å²) in [5.74, 6) is 1.48. The number of H-pyrrole nitrogens is 1. The highest BCUT2D eigenvalue weighted by molar-refractivity contribution is 7.89. The normalized spacial score (nSPS) is 15.5. The third-order valence-corrected chi connectivity index (χ3v) is 6.32. The van der Waals surface area contributed by atoms with Gasteiger partial charge in [0, 0.05) is 12.5 Å². The number of nitrogens with two attached hydrogens (primary N) is 1. The first-order valence-electron chi connectivity index (χ1n) is 10.2. The average molecular weight is 432 g/mol. The molecule has 1 aromatic carbocycles. The maximum absolute atomic E-state index is 13.1. The van der Waals surface area contributed by atoms with Gasteiger partial charge in [0.1, 0.15) is 11.6 Å². The van der Waals surface area contributed by atoms with Crippen molar-refractivity contribution in [2.24, 2.45) is 5.14 Å². The van der Waals surface area contributed by atoms with Crippen LogP contribution in [-0.4, -0.2) is 27.9 Å². The van der Waals surface area contributed by atoms with E-state index in [1.807, 2.05) is 6.92 Å². The lowest BCUT2D eigenvalue weighted by atomic mass is 9.89. The summed E-state index contributed by atoms with van der Waals surface area (Å²) in [6.45, 7) is 2.39. The number of benzene rings is 1. The van der Waals surface area contributed by atoms with Gasteiger partial charge in [0.05, 0.1) is 4.90 Å². The molecule has 4 rings (SSSR count). The summed E-state index contributed by atoms with van der Waals surface area (Å²) >= 11 is 0. The van der Waals surface area contributed by atoms with Crippen LogP contribution in [0.4, 0.5) is 0 Å². The van der Waals surface area contributed by atoms with E-state index in [2.05, 4.69) is 15.0 Å². The van der Waals surface area contributed by atoms with E-state index in [0.717, 1.165) is 37.9 Å². The van der Waals surface area contributed by atoms with Gasteiger partial charge in [-0.3, -0.25) is 9.36 Å². The maximum Gasteiger partial charge on any atom is 0.306 e. The number of imidazole rings is 1. The van der Waals surface area contributed by atoms with Crippen LogP contribution >= 0.6 is 0 Å². The lowest BCUT2D eigenvalue weighted by Gasteiger charge is -2.18. The number of nitrogens with one attached hydrogen (secondary N) is 1. The van der Waals surface area contributed by atoms with E-state index >= 15 is 0 Å². The second-order valence-corrected chi connectivity index (χ2v) is 9.19. The number of rotatable bonds is 6. The smallest absolute Gasteiger partial charge is 0.306 e. The van der Waals surface area contributed by atoms with Crippen molar-refractivity contribution in [3.63, 3.8) is 0 Å². The minimum Gasteiger partial charge on any atom is -0.425 e. The molecule has 1 aliphatic carbocycles. The minimum absolute atomic E-state index is 0.0198. The molecule has 0 amide bonds. The molecule has 3 aromatic rings. The van der Waals surface area contributed by atoms with E-state index in [4.69, 9.17) is 9.88 Å². The molecule has 0 unspecified atom stereocenters. The Morgan fingerprint density at radius 2 is 1.87 bits per heavy atom. The van der Waals surface area contributed by atoms with Crippen LogP contribution in [0.15, 0.2) is 34.0 Å². The Bertz CT molecular complexity index is 1210. The average Bonchev–Trinajstić information content (AvgIpc) is 3.16. The lowest BCUT2D eigenvalue weighted by Crippen LogP contribution is -2.23. The molecule has 0 saturated heterocycles. The van der Waals surface area contributed by atoms with Crippen LogP contribution in [0.25, 0.3) is 11.2 Å². The van der Waals surface area contributed by atoms with Gasteiger partial charge < -0.3 is 9.72 Å². The second kappa shape index (κ2) is 8.19. The predicted octanol–water partition coefficient (Wildman–Crippen LogP) is 3.02. The molecule has 0 atom stereocenters. The van der Waals surface area contributed by atoms with Crippen LogP contribution in [0.5, 0.6) is 11.8 Å². The van der Waals surface area contributed by atoms with Gasteiger partial charge in [-0.15, -0.1) is 0 Å². The third-order valence-electron chi connectivity index (χ3n) is 5.39. The first-order valence-corrected chi connectivity index (χ1v) is 11.7. The molecule has 10 heteroatoms. The molecule has 2 aromatic heterocycles. The van der Waals surface area contributed by atoms with Crippen molar-refractivity contribution in [2.75, 3.05) is 0 Å². The van der Waals surface area contributed by atoms with Crippen molar-refractivity contribution in [1.29, 1.82) is 0 Å². The number of fused-ring (bicyclic) bond motifs is 1. The number of primary sulfonamides is 1. The van der Waals surface area contributed by atoms with E-state index < -0.39 is 10.0 Å². The Balaban J connectivity index is 1.72. The molecule has 0 radical (unpaired) electrons. The van der Waals surface area contributed by atoms with Gasteiger partial charge in [-0.25, -0.2) is 18.5 Å². The van der Waals surface area contributed by atoms with Crippen LogP contribution < -0.4 is 15.4 Å². The largest absolute Gasteiger partial charge is 0.425 e. The van der Waals surface area contributed by atoms with Crippen molar-refractivity contribution in [1.82, 2.24) is 19.5 Å². The topological polar surface area (TPSA) is 133 Å². The van der Waals surface area contributed by atoms with Crippen LogP contribution in [0.3, 0.4) is 0 Å². The summed E-state index contributed by atoms with van der Waals surface area (Å²) in [4.78, 5) is 25.4. The molecular formula is C20H25N5O4S. The molecule has 0 aliphatic heterocycles. The third kappa shape index (κ3) is 4.10. The van der Waals surface area contributed by atoms with Crippen molar-refractivity contribution >= 4 is 21.2 Å². The van der Waals surface area contributed by atoms with Crippen LogP contribution in [-0.2, 0) is 16.6 Å². The quantitative estimate of drug-likeness (QED) is 0.616. The minimum atomic E-state index is -3.79. The van der Waals surface area contributed by atoms with Crippen LogP contribution in [0, 0.1) is 0 Å². The van der Waals surface area contributed by atoms with Crippen molar-refractivity contribution < 1.29 is 13.2 Å². The molecule has 30 heavy (non-hydrogen) atoms. The monoisotopic (exact) mass is 431 g/mol. The van der Waals surface area contributed by atoms with E-state index in [0.29, 0.717) is 29.4 Å². The highest BCUT2D eigenvalue weighted by Crippen LogP contribution is 2.31. The van der Waals surface area contributed by atoms with E-state index in [1.165, 1.54) is 35.3 Å². The fraction of sp³-hybridized carbons (Fsp3) is 0.450. The van der Waals surface area contributed by atoms with Gasteiger partial charge in [0.25, 0.3) is 5.56 Å². The Hall–Kier alpha value is -2.72. The number of ether oxygens (including phenoxy) is 1. The van der Waals surface area contributed by atoms with Crippen molar-refractivity contribution in [2.45, 2.75) is 62.8 Å². The number of nitrogens with zero attached hydrogens (tertiary/aromatic N) is 3. The van der Waals surface area contributed by atoms with Gasteiger partial charge in [0.2, 0.25) is 10.0 Å². The standard InChI is InChI=1S/C20H25N5O4S/c1-2-12-25-19(26)16-18(23-17(22-16)13-6-4-3-5-7-13)24-20(25)29-14-8-10-15(11-9-14)30(21,27)28/h8-11,13H,2-7,12H2,1H3,(H,22,23)(H2,21,27,28). The van der Waals surface area contributed by atoms with Crippen LogP contribution in [0.1, 0.15) is 57.2 Å². The Labute approximate surface area is 174 Å². The van der Waals surface area contributed by atoms with E-state index in [1.54, 1.807) is 0 Å². The zero-order chi connectivity index (χ0) is 21.3. The Morgan fingerprint density at radius 3 is 2.50 bits per heavy atom. The molecule has 1 fully saturated rings. The van der Waals surface area contributed by atoms with Gasteiger partial charge >= 0.3 is 6.01 Å². The SMILES string of the molecule is CCCn1c(Oc2ccc(S(N)(=O)=O)cc2)nc2nc(C3CCCCC3)[nH]c2c1=O. The fourth-order valence-corrected chi connectivity index (χ4v) is 4.37. The summed E-state index contributed by atoms with van der Waals surface area (Å²) in [6.07, 6.45) is 6.40. The molecule has 160 valence electrons. The highest BCUT2D eigenvalue weighted by atomic mass is 32.2.